The second kappa shape index (κ2) is 6.33. The molecule has 1 heterocycles. The van der Waals surface area contributed by atoms with Gasteiger partial charge in [-0.3, -0.25) is 9.78 Å². The highest BCUT2D eigenvalue weighted by atomic mass is 16.2. The Bertz CT molecular complexity index is 596. The van der Waals surface area contributed by atoms with E-state index in [1.165, 1.54) is 6.92 Å². The third-order valence-corrected chi connectivity index (χ3v) is 2.40. The van der Waals surface area contributed by atoms with Gasteiger partial charge in [-0.05, 0) is 36.4 Å². The summed E-state index contributed by atoms with van der Waals surface area (Å²) in [5, 5.41) is 8.02. The van der Waals surface area contributed by atoms with E-state index in [-0.39, 0.29) is 11.9 Å². The van der Waals surface area contributed by atoms with Gasteiger partial charge in [0.05, 0.1) is 0 Å². The summed E-state index contributed by atoms with van der Waals surface area (Å²) in [4.78, 5) is 26.5. The maximum Gasteiger partial charge on any atom is 0.323 e. The summed E-state index contributed by atoms with van der Waals surface area (Å²) in [6.45, 7) is 1.44. The minimum atomic E-state index is -0.344. The molecule has 0 radical (unpaired) electrons. The van der Waals surface area contributed by atoms with Crippen LogP contribution in [0.15, 0.2) is 48.8 Å². The zero-order valence-electron chi connectivity index (χ0n) is 10.9. The van der Waals surface area contributed by atoms with Crippen molar-refractivity contribution in [2.24, 2.45) is 0 Å². The van der Waals surface area contributed by atoms with Crippen molar-refractivity contribution in [3.8, 4) is 0 Å². The van der Waals surface area contributed by atoms with Crippen LogP contribution >= 0.6 is 0 Å². The summed E-state index contributed by atoms with van der Waals surface area (Å²) in [5.41, 5.74) is 1.97. The van der Waals surface area contributed by atoms with Crippen LogP contribution < -0.4 is 16.0 Å². The van der Waals surface area contributed by atoms with Crippen LogP contribution in [0.1, 0.15) is 6.92 Å². The molecule has 0 atom stereocenters. The lowest BCUT2D eigenvalue weighted by atomic mass is 10.3. The molecule has 1 aromatic heterocycles. The van der Waals surface area contributed by atoms with E-state index in [4.69, 9.17) is 0 Å². The number of urea groups is 1. The molecular formula is C14H14N4O2. The molecule has 2 rings (SSSR count). The number of carbonyl (C=O) groups is 2. The molecule has 1 aromatic carbocycles. The highest BCUT2D eigenvalue weighted by Gasteiger charge is 2.02. The van der Waals surface area contributed by atoms with E-state index in [0.29, 0.717) is 17.1 Å². The van der Waals surface area contributed by atoms with Gasteiger partial charge in [-0.1, -0.05) is 0 Å². The monoisotopic (exact) mass is 270 g/mol. The number of nitrogens with zero attached hydrogens (tertiary/aromatic N) is 1. The van der Waals surface area contributed by atoms with Crippen LogP contribution in [0.4, 0.5) is 21.9 Å². The largest absolute Gasteiger partial charge is 0.326 e. The van der Waals surface area contributed by atoms with Crippen molar-refractivity contribution in [2.45, 2.75) is 6.92 Å². The van der Waals surface area contributed by atoms with Crippen molar-refractivity contribution in [3.63, 3.8) is 0 Å². The predicted molar refractivity (Wildman–Crippen MR) is 77.6 cm³/mol. The summed E-state index contributed by atoms with van der Waals surface area (Å²) in [6.07, 6.45) is 3.19. The number of carbonyl (C=O) groups excluding carboxylic acids is 2. The number of nitrogens with one attached hydrogen (secondary N) is 3. The highest BCUT2D eigenvalue weighted by Crippen LogP contribution is 2.14. The van der Waals surface area contributed by atoms with Crippen molar-refractivity contribution in [1.82, 2.24) is 4.98 Å². The van der Waals surface area contributed by atoms with E-state index in [0.717, 1.165) is 0 Å². The average molecular weight is 270 g/mol. The van der Waals surface area contributed by atoms with Gasteiger partial charge >= 0.3 is 6.03 Å². The molecule has 0 saturated carbocycles. The van der Waals surface area contributed by atoms with Crippen LogP contribution in [-0.2, 0) is 4.79 Å². The molecule has 3 amide bonds. The molecule has 3 N–H and O–H groups in total. The van der Waals surface area contributed by atoms with E-state index < -0.39 is 0 Å². The maximum atomic E-state index is 11.7. The number of benzene rings is 1. The molecule has 6 nitrogen and oxygen atoms in total. The molecule has 0 aliphatic heterocycles. The standard InChI is InChI=1S/C14H14N4O2/c1-10(19)16-11-2-4-12(5-3-11)17-14(20)18-13-6-8-15-9-7-13/h2-9H,1H3,(H,16,19)(H2,15,17,18,20). The third kappa shape index (κ3) is 4.09. The Morgan fingerprint density at radius 1 is 0.800 bits per heavy atom. The second-order valence-electron chi connectivity index (χ2n) is 4.07. The van der Waals surface area contributed by atoms with Crippen molar-refractivity contribution >= 4 is 29.0 Å². The maximum absolute atomic E-state index is 11.7. The third-order valence-electron chi connectivity index (χ3n) is 2.40. The van der Waals surface area contributed by atoms with Crippen LogP contribution in [-0.4, -0.2) is 16.9 Å². The topological polar surface area (TPSA) is 83.1 Å². The lowest BCUT2D eigenvalue weighted by Gasteiger charge is -2.08. The van der Waals surface area contributed by atoms with Gasteiger partial charge in [-0.2, -0.15) is 0 Å². The Morgan fingerprint density at radius 2 is 1.25 bits per heavy atom. The molecule has 102 valence electrons. The Balaban J connectivity index is 1.93. The van der Waals surface area contributed by atoms with Crippen LogP contribution in [0, 0.1) is 0 Å². The van der Waals surface area contributed by atoms with E-state index in [9.17, 15) is 9.59 Å². The van der Waals surface area contributed by atoms with Crippen LogP contribution in [0.2, 0.25) is 0 Å². The number of rotatable bonds is 3. The fraction of sp³-hybridized carbons (Fsp3) is 0.0714. The van der Waals surface area contributed by atoms with E-state index >= 15 is 0 Å². The van der Waals surface area contributed by atoms with Gasteiger partial charge < -0.3 is 16.0 Å². The summed E-state index contributed by atoms with van der Waals surface area (Å²) in [5.74, 6) is -0.138. The van der Waals surface area contributed by atoms with Crippen LogP contribution in [0.5, 0.6) is 0 Å². The van der Waals surface area contributed by atoms with E-state index in [1.54, 1.807) is 48.8 Å². The Kier molecular flexibility index (Phi) is 4.28. The first kappa shape index (κ1) is 13.5. The Hall–Kier alpha value is -2.89. The van der Waals surface area contributed by atoms with Crippen molar-refractivity contribution in [3.05, 3.63) is 48.8 Å². The van der Waals surface area contributed by atoms with Crippen molar-refractivity contribution < 1.29 is 9.59 Å². The zero-order valence-corrected chi connectivity index (χ0v) is 10.9. The number of hydrogen-bond donors (Lipinski definition) is 3. The normalized spacial score (nSPS) is 9.65. The zero-order chi connectivity index (χ0) is 14.4. The summed E-state index contributed by atoms with van der Waals surface area (Å²) in [6, 6.07) is 9.88. The lowest BCUT2D eigenvalue weighted by molar-refractivity contribution is -0.114. The van der Waals surface area contributed by atoms with Crippen molar-refractivity contribution in [1.29, 1.82) is 0 Å². The van der Waals surface area contributed by atoms with Crippen LogP contribution in [0.25, 0.3) is 0 Å². The molecule has 0 spiro atoms. The van der Waals surface area contributed by atoms with E-state index in [2.05, 4.69) is 20.9 Å². The SMILES string of the molecule is CC(=O)Nc1ccc(NC(=O)Nc2ccncc2)cc1. The average Bonchev–Trinajstić information content (AvgIpc) is 2.41. The minimum absolute atomic E-state index is 0.138. The number of aromatic nitrogens is 1. The molecule has 0 unspecified atom stereocenters. The van der Waals surface area contributed by atoms with E-state index in [1.807, 2.05) is 0 Å². The van der Waals surface area contributed by atoms with Gasteiger partial charge in [-0.15, -0.1) is 0 Å². The summed E-state index contributed by atoms with van der Waals surface area (Å²) >= 11 is 0. The van der Waals surface area contributed by atoms with Gasteiger partial charge in [0.25, 0.3) is 0 Å². The summed E-state index contributed by atoms with van der Waals surface area (Å²) in [7, 11) is 0. The van der Waals surface area contributed by atoms with Gasteiger partial charge in [0.1, 0.15) is 0 Å². The molecule has 0 fully saturated rings. The molecule has 0 saturated heterocycles. The van der Waals surface area contributed by atoms with Crippen LogP contribution in [0.3, 0.4) is 0 Å². The van der Waals surface area contributed by atoms with Gasteiger partial charge in [0.15, 0.2) is 0 Å². The smallest absolute Gasteiger partial charge is 0.323 e. The molecule has 20 heavy (non-hydrogen) atoms. The molecule has 0 aliphatic rings. The lowest BCUT2D eigenvalue weighted by Crippen LogP contribution is -2.19. The number of pyridine rings is 1. The van der Waals surface area contributed by atoms with Crippen molar-refractivity contribution in [2.75, 3.05) is 16.0 Å². The summed E-state index contributed by atoms with van der Waals surface area (Å²) < 4.78 is 0. The molecular weight excluding hydrogens is 256 g/mol. The van der Waals surface area contributed by atoms with Gasteiger partial charge in [0, 0.05) is 36.4 Å². The van der Waals surface area contributed by atoms with Gasteiger partial charge in [-0.25, -0.2) is 4.79 Å². The highest BCUT2D eigenvalue weighted by molar-refractivity contribution is 5.99. The number of amides is 3. The number of anilines is 3. The molecule has 6 heteroatoms. The predicted octanol–water partition coefficient (Wildman–Crippen LogP) is 2.68. The Morgan fingerprint density at radius 3 is 1.75 bits per heavy atom. The fourth-order valence-corrected chi connectivity index (χ4v) is 1.57. The minimum Gasteiger partial charge on any atom is -0.326 e. The second-order valence-corrected chi connectivity index (χ2v) is 4.07. The quantitative estimate of drug-likeness (QED) is 0.801. The first-order valence-electron chi connectivity index (χ1n) is 5.99. The molecule has 0 bridgehead atoms. The molecule has 0 aliphatic carbocycles. The number of hydrogen-bond acceptors (Lipinski definition) is 3. The first-order valence-corrected chi connectivity index (χ1v) is 5.99. The first-order chi connectivity index (χ1) is 9.63. The fourth-order valence-electron chi connectivity index (χ4n) is 1.57. The Labute approximate surface area is 116 Å². The molecule has 2 aromatic rings. The van der Waals surface area contributed by atoms with Gasteiger partial charge in [0.2, 0.25) is 5.91 Å².